The molecule has 1 aromatic carbocycles. The van der Waals surface area contributed by atoms with Gasteiger partial charge in [0, 0.05) is 18.7 Å². The molecule has 0 aliphatic carbocycles. The summed E-state index contributed by atoms with van der Waals surface area (Å²) in [4.78, 5) is 16.1. The summed E-state index contributed by atoms with van der Waals surface area (Å²) in [5, 5.41) is 12.9. The normalized spacial score (nSPS) is 14.5. The highest BCUT2D eigenvalue weighted by atomic mass is 16.5. The van der Waals surface area contributed by atoms with E-state index in [-0.39, 0.29) is 11.8 Å². The van der Waals surface area contributed by atoms with Crippen LogP contribution < -0.4 is 15.4 Å². The molecular formula is C14H17N5O2. The first-order chi connectivity index (χ1) is 10.3. The number of hydrogen-bond acceptors (Lipinski definition) is 5. The number of rotatable bonds is 5. The minimum atomic E-state index is 0.0520. The lowest BCUT2D eigenvalue weighted by molar-refractivity contribution is -0.126. The molecule has 1 saturated heterocycles. The van der Waals surface area contributed by atoms with E-state index < -0.39 is 0 Å². The first-order valence-electron chi connectivity index (χ1n) is 6.80. The van der Waals surface area contributed by atoms with Crippen LogP contribution in [0.2, 0.25) is 0 Å². The fourth-order valence-corrected chi connectivity index (χ4v) is 2.03. The number of benzene rings is 1. The Hall–Kier alpha value is -2.41. The number of nitrogens with one attached hydrogen (secondary N) is 3. The Kier molecular flexibility index (Phi) is 3.83. The maximum atomic E-state index is 11.7. The summed E-state index contributed by atoms with van der Waals surface area (Å²) in [6.07, 6.45) is 0. The third-order valence-electron chi connectivity index (χ3n) is 3.46. The van der Waals surface area contributed by atoms with Crippen molar-refractivity contribution >= 4 is 5.91 Å². The molecule has 3 rings (SSSR count). The minimum absolute atomic E-state index is 0.0520. The molecule has 1 fully saturated rings. The zero-order valence-corrected chi connectivity index (χ0v) is 11.7. The summed E-state index contributed by atoms with van der Waals surface area (Å²) in [6.45, 7) is 1.86. The number of hydrogen-bond donors (Lipinski definition) is 3. The second kappa shape index (κ2) is 5.92. The Bertz CT molecular complexity index is 619. The van der Waals surface area contributed by atoms with Crippen molar-refractivity contribution in [3.05, 3.63) is 30.1 Å². The van der Waals surface area contributed by atoms with Crippen LogP contribution in [0.5, 0.6) is 5.75 Å². The predicted molar refractivity (Wildman–Crippen MR) is 76.6 cm³/mol. The maximum Gasteiger partial charge on any atom is 0.226 e. The van der Waals surface area contributed by atoms with E-state index >= 15 is 0 Å². The van der Waals surface area contributed by atoms with E-state index in [1.165, 1.54) is 0 Å². The number of nitrogens with zero attached hydrogens (tertiary/aromatic N) is 2. The van der Waals surface area contributed by atoms with Gasteiger partial charge in [0.25, 0.3) is 0 Å². The number of carbonyl (C=O) groups is 1. The average molecular weight is 287 g/mol. The van der Waals surface area contributed by atoms with Gasteiger partial charge in [0.15, 0.2) is 5.82 Å². The van der Waals surface area contributed by atoms with Gasteiger partial charge in [0.1, 0.15) is 11.6 Å². The van der Waals surface area contributed by atoms with Gasteiger partial charge in [0.05, 0.1) is 19.6 Å². The number of amides is 1. The van der Waals surface area contributed by atoms with Crippen molar-refractivity contribution in [1.82, 2.24) is 25.8 Å². The highest BCUT2D eigenvalue weighted by Crippen LogP contribution is 2.18. The number of aromatic amines is 1. The summed E-state index contributed by atoms with van der Waals surface area (Å²) in [5.74, 6) is 2.16. The van der Waals surface area contributed by atoms with Crippen LogP contribution in [-0.2, 0) is 11.3 Å². The van der Waals surface area contributed by atoms with Gasteiger partial charge >= 0.3 is 0 Å². The second-order valence-electron chi connectivity index (χ2n) is 4.91. The third-order valence-corrected chi connectivity index (χ3v) is 3.46. The van der Waals surface area contributed by atoms with Gasteiger partial charge in [-0.1, -0.05) is 0 Å². The van der Waals surface area contributed by atoms with E-state index in [2.05, 4.69) is 25.8 Å². The Morgan fingerprint density at radius 3 is 2.76 bits per heavy atom. The molecule has 0 bridgehead atoms. The zero-order valence-electron chi connectivity index (χ0n) is 11.7. The Morgan fingerprint density at radius 1 is 1.38 bits per heavy atom. The first-order valence-corrected chi connectivity index (χ1v) is 6.80. The summed E-state index contributed by atoms with van der Waals surface area (Å²) < 4.78 is 5.11. The highest BCUT2D eigenvalue weighted by molar-refractivity contribution is 5.79. The SMILES string of the molecule is COc1ccc(-c2n[nH]c(CNC(=O)C3CNC3)n2)cc1. The van der Waals surface area contributed by atoms with E-state index in [1.54, 1.807) is 7.11 Å². The molecule has 2 heterocycles. The monoisotopic (exact) mass is 287 g/mol. The molecule has 7 nitrogen and oxygen atoms in total. The standard InChI is InChI=1S/C14H17N5O2/c1-21-11-4-2-9(3-5-11)13-17-12(18-19-13)8-16-14(20)10-6-15-7-10/h2-5,10,15H,6-8H2,1H3,(H,16,20)(H,17,18,19). The van der Waals surface area contributed by atoms with Gasteiger partial charge in [-0.05, 0) is 24.3 Å². The lowest BCUT2D eigenvalue weighted by Gasteiger charge is -2.25. The lowest BCUT2D eigenvalue weighted by Crippen LogP contribution is -2.50. The minimum Gasteiger partial charge on any atom is -0.497 e. The van der Waals surface area contributed by atoms with Gasteiger partial charge in [-0.25, -0.2) is 4.98 Å². The van der Waals surface area contributed by atoms with Crippen molar-refractivity contribution in [2.24, 2.45) is 5.92 Å². The molecule has 0 atom stereocenters. The third kappa shape index (κ3) is 3.03. The number of ether oxygens (including phenoxy) is 1. The van der Waals surface area contributed by atoms with Crippen LogP contribution in [0.15, 0.2) is 24.3 Å². The van der Waals surface area contributed by atoms with Crippen LogP contribution in [0.3, 0.4) is 0 Å². The fraction of sp³-hybridized carbons (Fsp3) is 0.357. The number of carbonyl (C=O) groups excluding carboxylic acids is 1. The molecule has 7 heteroatoms. The van der Waals surface area contributed by atoms with Crippen molar-refractivity contribution in [1.29, 1.82) is 0 Å². The first kappa shape index (κ1) is 13.6. The van der Waals surface area contributed by atoms with E-state index in [0.717, 1.165) is 24.4 Å². The number of H-pyrrole nitrogens is 1. The van der Waals surface area contributed by atoms with Crippen molar-refractivity contribution in [3.63, 3.8) is 0 Å². The average Bonchev–Trinajstić information content (AvgIpc) is 2.92. The molecule has 1 aromatic heterocycles. The van der Waals surface area contributed by atoms with Crippen molar-refractivity contribution in [2.45, 2.75) is 6.54 Å². The van der Waals surface area contributed by atoms with Gasteiger partial charge in [-0.15, -0.1) is 0 Å². The van der Waals surface area contributed by atoms with Gasteiger partial charge < -0.3 is 15.4 Å². The molecule has 21 heavy (non-hydrogen) atoms. The quantitative estimate of drug-likeness (QED) is 0.736. The van der Waals surface area contributed by atoms with Crippen molar-refractivity contribution in [2.75, 3.05) is 20.2 Å². The topological polar surface area (TPSA) is 91.9 Å². The van der Waals surface area contributed by atoms with Crippen LogP contribution >= 0.6 is 0 Å². The molecular weight excluding hydrogens is 270 g/mol. The fourth-order valence-electron chi connectivity index (χ4n) is 2.03. The van der Waals surface area contributed by atoms with Crippen LogP contribution in [0, 0.1) is 5.92 Å². The van der Waals surface area contributed by atoms with E-state index in [4.69, 9.17) is 4.74 Å². The van der Waals surface area contributed by atoms with E-state index in [9.17, 15) is 4.79 Å². The molecule has 2 aromatic rings. The van der Waals surface area contributed by atoms with Crippen LogP contribution in [-0.4, -0.2) is 41.3 Å². The molecule has 0 spiro atoms. The van der Waals surface area contributed by atoms with E-state index in [0.29, 0.717) is 18.2 Å². The summed E-state index contributed by atoms with van der Waals surface area (Å²) in [6, 6.07) is 7.50. The Morgan fingerprint density at radius 2 is 2.14 bits per heavy atom. The van der Waals surface area contributed by atoms with Crippen LogP contribution in [0.25, 0.3) is 11.4 Å². The van der Waals surface area contributed by atoms with Crippen LogP contribution in [0.4, 0.5) is 0 Å². The molecule has 0 unspecified atom stereocenters. The number of aromatic nitrogens is 3. The Labute approximate surface area is 122 Å². The summed E-state index contributed by atoms with van der Waals surface area (Å²) in [5.41, 5.74) is 0.896. The summed E-state index contributed by atoms with van der Waals surface area (Å²) in [7, 11) is 1.63. The predicted octanol–water partition coefficient (Wildman–Crippen LogP) is 0.316. The van der Waals surface area contributed by atoms with Crippen molar-refractivity contribution in [3.8, 4) is 17.1 Å². The number of methoxy groups -OCH3 is 1. The lowest BCUT2D eigenvalue weighted by atomic mass is 10.0. The summed E-state index contributed by atoms with van der Waals surface area (Å²) >= 11 is 0. The van der Waals surface area contributed by atoms with E-state index in [1.807, 2.05) is 24.3 Å². The van der Waals surface area contributed by atoms with Gasteiger partial charge in [-0.3, -0.25) is 9.89 Å². The highest BCUT2D eigenvalue weighted by Gasteiger charge is 2.24. The Balaban J connectivity index is 1.61. The van der Waals surface area contributed by atoms with Crippen LogP contribution in [0.1, 0.15) is 5.82 Å². The second-order valence-corrected chi connectivity index (χ2v) is 4.91. The van der Waals surface area contributed by atoms with Gasteiger partial charge in [-0.2, -0.15) is 5.10 Å². The molecule has 110 valence electrons. The molecule has 0 radical (unpaired) electrons. The van der Waals surface area contributed by atoms with Gasteiger partial charge in [0.2, 0.25) is 5.91 Å². The molecule has 1 aliphatic heterocycles. The smallest absolute Gasteiger partial charge is 0.226 e. The molecule has 1 aliphatic rings. The maximum absolute atomic E-state index is 11.7. The molecule has 1 amide bonds. The zero-order chi connectivity index (χ0) is 14.7. The van der Waals surface area contributed by atoms with Crippen molar-refractivity contribution < 1.29 is 9.53 Å². The molecule has 3 N–H and O–H groups in total. The molecule has 0 saturated carbocycles. The largest absolute Gasteiger partial charge is 0.497 e.